The van der Waals surface area contributed by atoms with Crippen molar-refractivity contribution in [3.63, 3.8) is 0 Å². The lowest BCUT2D eigenvalue weighted by Gasteiger charge is -2.43. The van der Waals surface area contributed by atoms with E-state index in [4.69, 9.17) is 5.73 Å². The van der Waals surface area contributed by atoms with Gasteiger partial charge in [0, 0.05) is 0 Å². The molecule has 1 aliphatic carbocycles. The second-order valence-electron chi connectivity index (χ2n) is 3.40. The lowest BCUT2D eigenvalue weighted by atomic mass is 9.64. The predicted octanol–water partition coefficient (Wildman–Crippen LogP) is 1.86. The van der Waals surface area contributed by atoms with Crippen LogP contribution in [0.25, 0.3) is 0 Å². The molecule has 60 valence electrons. The summed E-state index contributed by atoms with van der Waals surface area (Å²) >= 11 is 0. The van der Waals surface area contributed by atoms with E-state index in [1.807, 2.05) is 0 Å². The molecule has 0 heterocycles. The van der Waals surface area contributed by atoms with E-state index in [-0.39, 0.29) is 5.41 Å². The average molecular weight is 145 g/mol. The summed E-state index contributed by atoms with van der Waals surface area (Å²) in [5.74, 6) is 0. The first-order chi connectivity index (χ1) is 4.72. The van der Waals surface area contributed by atoms with E-state index in [2.05, 4.69) is 6.92 Å². The normalized spacial score (nSPS) is 39.3. The zero-order chi connectivity index (χ0) is 7.61. The molecule has 0 aromatic rings. The van der Waals surface area contributed by atoms with Crippen LogP contribution in [-0.4, -0.2) is 12.7 Å². The van der Waals surface area contributed by atoms with Gasteiger partial charge in [-0.05, 0) is 31.2 Å². The molecule has 0 aromatic heterocycles. The minimum atomic E-state index is -0.536. The molecule has 0 spiro atoms. The van der Waals surface area contributed by atoms with E-state index in [1.54, 1.807) is 0 Å². The fourth-order valence-corrected chi connectivity index (χ4v) is 1.86. The third kappa shape index (κ3) is 1.31. The van der Waals surface area contributed by atoms with Gasteiger partial charge in [-0.15, -0.1) is 0 Å². The molecule has 1 fully saturated rings. The molecule has 10 heavy (non-hydrogen) atoms. The molecule has 0 saturated heterocycles. The maximum Gasteiger partial charge on any atom is 0.101 e. The van der Waals surface area contributed by atoms with Crippen molar-refractivity contribution in [1.29, 1.82) is 0 Å². The van der Waals surface area contributed by atoms with Gasteiger partial charge in [0.2, 0.25) is 0 Å². The molecule has 0 aromatic carbocycles. The summed E-state index contributed by atoms with van der Waals surface area (Å²) in [6.45, 7) is 2.84. The van der Waals surface area contributed by atoms with Gasteiger partial charge in [-0.2, -0.15) is 0 Å². The van der Waals surface area contributed by atoms with Crippen LogP contribution < -0.4 is 5.73 Å². The minimum Gasteiger partial charge on any atom is -0.330 e. The van der Waals surface area contributed by atoms with Crippen LogP contribution in [0.15, 0.2) is 0 Å². The summed E-state index contributed by atoms with van der Waals surface area (Å²) in [6, 6.07) is 0. The summed E-state index contributed by atoms with van der Waals surface area (Å²) in [7, 11) is 0. The van der Waals surface area contributed by atoms with Crippen LogP contribution in [-0.2, 0) is 0 Å². The largest absolute Gasteiger partial charge is 0.330 e. The number of nitrogens with two attached hydrogens (primary N) is 1. The van der Waals surface area contributed by atoms with E-state index in [9.17, 15) is 4.39 Å². The van der Waals surface area contributed by atoms with Crippen LogP contribution >= 0.6 is 0 Å². The fraction of sp³-hybridized carbons (Fsp3) is 1.00. The topological polar surface area (TPSA) is 26.0 Å². The van der Waals surface area contributed by atoms with E-state index in [0.717, 1.165) is 25.7 Å². The van der Waals surface area contributed by atoms with Crippen LogP contribution in [0.4, 0.5) is 4.39 Å². The Balaban J connectivity index is 2.32. The summed E-state index contributed by atoms with van der Waals surface area (Å²) in [5, 5.41) is 0. The van der Waals surface area contributed by atoms with Gasteiger partial charge in [0.15, 0.2) is 0 Å². The number of hydrogen-bond donors (Lipinski definition) is 1. The van der Waals surface area contributed by atoms with Gasteiger partial charge < -0.3 is 5.73 Å². The summed E-state index contributed by atoms with van der Waals surface area (Å²) in [4.78, 5) is 0. The Morgan fingerprint density at radius 1 is 1.60 bits per heavy atom. The van der Waals surface area contributed by atoms with Crippen LogP contribution in [0.3, 0.4) is 0 Å². The van der Waals surface area contributed by atoms with Crippen molar-refractivity contribution in [2.75, 3.05) is 6.54 Å². The van der Waals surface area contributed by atoms with Gasteiger partial charge >= 0.3 is 0 Å². The lowest BCUT2D eigenvalue weighted by Crippen LogP contribution is -2.39. The SMILES string of the molecule is CCC1(CCN)CC(F)C1. The van der Waals surface area contributed by atoms with Crippen LogP contribution in [0.1, 0.15) is 32.6 Å². The Morgan fingerprint density at radius 3 is 2.50 bits per heavy atom. The van der Waals surface area contributed by atoms with Gasteiger partial charge in [0.25, 0.3) is 0 Å². The predicted molar refractivity (Wildman–Crippen MR) is 40.5 cm³/mol. The smallest absolute Gasteiger partial charge is 0.101 e. The van der Waals surface area contributed by atoms with Crippen molar-refractivity contribution < 1.29 is 4.39 Å². The summed E-state index contributed by atoms with van der Waals surface area (Å²) < 4.78 is 12.5. The molecule has 1 nitrogen and oxygen atoms in total. The molecule has 0 unspecified atom stereocenters. The number of hydrogen-bond acceptors (Lipinski definition) is 1. The van der Waals surface area contributed by atoms with Crippen molar-refractivity contribution >= 4 is 0 Å². The first kappa shape index (κ1) is 7.99. The number of rotatable bonds is 3. The second kappa shape index (κ2) is 2.87. The molecule has 2 heteroatoms. The fourth-order valence-electron chi connectivity index (χ4n) is 1.86. The van der Waals surface area contributed by atoms with Crippen molar-refractivity contribution in [1.82, 2.24) is 0 Å². The summed E-state index contributed by atoms with van der Waals surface area (Å²) in [6.07, 6.45) is 3.06. The molecule has 1 aliphatic rings. The first-order valence-electron chi connectivity index (χ1n) is 4.06. The zero-order valence-electron chi connectivity index (χ0n) is 6.57. The van der Waals surface area contributed by atoms with E-state index < -0.39 is 6.17 Å². The Labute approximate surface area is 61.8 Å². The number of halogens is 1. The maximum absolute atomic E-state index is 12.5. The van der Waals surface area contributed by atoms with Crippen LogP contribution in [0, 0.1) is 5.41 Å². The third-order valence-electron chi connectivity index (χ3n) is 2.73. The average Bonchev–Trinajstić information content (AvgIpc) is 1.84. The highest BCUT2D eigenvalue weighted by atomic mass is 19.1. The zero-order valence-corrected chi connectivity index (χ0v) is 6.57. The Bertz CT molecular complexity index is 102. The van der Waals surface area contributed by atoms with E-state index in [1.165, 1.54) is 0 Å². The Kier molecular flexibility index (Phi) is 2.29. The van der Waals surface area contributed by atoms with Crippen molar-refractivity contribution in [2.45, 2.75) is 38.8 Å². The van der Waals surface area contributed by atoms with Gasteiger partial charge in [-0.25, -0.2) is 4.39 Å². The van der Waals surface area contributed by atoms with Gasteiger partial charge in [0.05, 0.1) is 0 Å². The van der Waals surface area contributed by atoms with Crippen LogP contribution in [0.5, 0.6) is 0 Å². The van der Waals surface area contributed by atoms with Crippen molar-refractivity contribution in [2.24, 2.45) is 11.1 Å². The molecule has 1 saturated carbocycles. The Hall–Kier alpha value is -0.110. The van der Waals surface area contributed by atoms with Crippen LogP contribution in [0.2, 0.25) is 0 Å². The van der Waals surface area contributed by atoms with Gasteiger partial charge in [0.1, 0.15) is 6.17 Å². The molecule has 2 N–H and O–H groups in total. The molecule has 0 radical (unpaired) electrons. The maximum atomic E-state index is 12.5. The second-order valence-corrected chi connectivity index (χ2v) is 3.40. The standard InChI is InChI=1S/C8H16FN/c1-2-8(3-4-10)5-7(9)6-8/h7H,2-6,10H2,1H3. The lowest BCUT2D eigenvalue weighted by molar-refractivity contribution is 0.0164. The minimum absolute atomic E-state index is 0.286. The highest BCUT2D eigenvalue weighted by Crippen LogP contribution is 2.47. The molecule has 0 bridgehead atoms. The van der Waals surface area contributed by atoms with Gasteiger partial charge in [-0.3, -0.25) is 0 Å². The molecular formula is C8H16FN. The number of alkyl halides is 1. The molecule has 0 atom stereocenters. The molecule has 0 amide bonds. The highest BCUT2D eigenvalue weighted by Gasteiger charge is 2.41. The van der Waals surface area contributed by atoms with Gasteiger partial charge in [-0.1, -0.05) is 13.3 Å². The highest BCUT2D eigenvalue weighted by molar-refractivity contribution is 4.92. The molecule has 0 aliphatic heterocycles. The van der Waals surface area contributed by atoms with Crippen molar-refractivity contribution in [3.8, 4) is 0 Å². The van der Waals surface area contributed by atoms with E-state index >= 15 is 0 Å². The quantitative estimate of drug-likeness (QED) is 0.644. The summed E-state index contributed by atoms with van der Waals surface area (Å²) in [5.41, 5.74) is 5.71. The molecular weight excluding hydrogens is 129 g/mol. The molecule has 1 rings (SSSR count). The third-order valence-corrected chi connectivity index (χ3v) is 2.73. The first-order valence-corrected chi connectivity index (χ1v) is 4.06. The Morgan fingerprint density at radius 2 is 2.20 bits per heavy atom. The van der Waals surface area contributed by atoms with E-state index in [0.29, 0.717) is 6.54 Å². The monoisotopic (exact) mass is 145 g/mol. The van der Waals surface area contributed by atoms with Crippen molar-refractivity contribution in [3.05, 3.63) is 0 Å².